The van der Waals surface area contributed by atoms with Gasteiger partial charge in [0, 0.05) is 10.9 Å². The molecular weight excluding hydrogens is 398 g/mol. The number of rotatable bonds is 5. The summed E-state index contributed by atoms with van der Waals surface area (Å²) in [6.45, 7) is 8.46. The fourth-order valence-electron chi connectivity index (χ4n) is 3.33. The van der Waals surface area contributed by atoms with Crippen LogP contribution in [0.2, 0.25) is 0 Å². The first-order chi connectivity index (χ1) is 12.9. The number of thiophene rings is 1. The van der Waals surface area contributed by atoms with Gasteiger partial charge in [0.1, 0.15) is 10.7 Å². The van der Waals surface area contributed by atoms with Gasteiger partial charge in [0.15, 0.2) is 4.34 Å². The van der Waals surface area contributed by atoms with E-state index >= 15 is 0 Å². The number of aromatic nitrogens is 4. The number of nitrogens with one attached hydrogen (secondary N) is 2. The molecule has 0 bridgehead atoms. The van der Waals surface area contributed by atoms with E-state index in [0.717, 1.165) is 39.0 Å². The van der Waals surface area contributed by atoms with E-state index < -0.39 is 0 Å². The highest BCUT2D eigenvalue weighted by atomic mass is 32.2. The van der Waals surface area contributed by atoms with E-state index in [0.29, 0.717) is 17.8 Å². The SMILES string of the molecule is CC1CCc2c(sc3nc(C(C)Sc4nnc(NC(C)C)s4)[nH]c(=O)c23)C1. The Kier molecular flexibility index (Phi) is 5.26. The van der Waals surface area contributed by atoms with Crippen LogP contribution in [0.5, 0.6) is 0 Å². The minimum absolute atomic E-state index is 0.00000155. The normalized spacial score (nSPS) is 18.0. The maximum absolute atomic E-state index is 12.8. The molecule has 2 atom stereocenters. The van der Waals surface area contributed by atoms with Crippen LogP contribution >= 0.6 is 34.4 Å². The molecule has 27 heavy (non-hydrogen) atoms. The van der Waals surface area contributed by atoms with Gasteiger partial charge in [-0.25, -0.2) is 4.98 Å². The van der Waals surface area contributed by atoms with Crippen molar-refractivity contribution in [3.8, 4) is 0 Å². The van der Waals surface area contributed by atoms with Crippen LogP contribution in [0.1, 0.15) is 55.6 Å². The predicted molar refractivity (Wildman–Crippen MR) is 114 cm³/mol. The highest BCUT2D eigenvalue weighted by Gasteiger charge is 2.24. The number of aromatic amines is 1. The molecule has 6 nitrogen and oxygen atoms in total. The summed E-state index contributed by atoms with van der Waals surface area (Å²) in [6.07, 6.45) is 3.20. The summed E-state index contributed by atoms with van der Waals surface area (Å²) in [5.74, 6) is 1.39. The summed E-state index contributed by atoms with van der Waals surface area (Å²) in [5, 5.41) is 13.3. The maximum atomic E-state index is 12.8. The van der Waals surface area contributed by atoms with Crippen molar-refractivity contribution in [2.24, 2.45) is 5.92 Å². The zero-order valence-electron chi connectivity index (χ0n) is 15.8. The molecule has 0 aliphatic heterocycles. The van der Waals surface area contributed by atoms with Gasteiger partial charge in [-0.15, -0.1) is 21.5 Å². The lowest BCUT2D eigenvalue weighted by molar-refractivity contribution is 0.509. The molecule has 0 aromatic carbocycles. The third kappa shape index (κ3) is 3.90. The number of aryl methyl sites for hydroxylation is 1. The summed E-state index contributed by atoms with van der Waals surface area (Å²) in [6, 6.07) is 0.321. The van der Waals surface area contributed by atoms with Gasteiger partial charge < -0.3 is 10.3 Å². The molecule has 0 saturated heterocycles. The number of hydrogen-bond donors (Lipinski definition) is 2. The molecule has 144 valence electrons. The number of anilines is 1. The van der Waals surface area contributed by atoms with Gasteiger partial charge in [0.25, 0.3) is 5.56 Å². The van der Waals surface area contributed by atoms with Crippen LogP contribution in [0.4, 0.5) is 5.13 Å². The molecule has 0 radical (unpaired) electrons. The molecule has 3 heterocycles. The van der Waals surface area contributed by atoms with Crippen LogP contribution in [0.15, 0.2) is 9.13 Å². The summed E-state index contributed by atoms with van der Waals surface area (Å²) in [7, 11) is 0. The average molecular weight is 422 g/mol. The summed E-state index contributed by atoms with van der Waals surface area (Å²) >= 11 is 4.79. The second-order valence-electron chi connectivity index (χ2n) is 7.42. The van der Waals surface area contributed by atoms with Crippen LogP contribution in [-0.4, -0.2) is 26.2 Å². The molecule has 4 rings (SSSR count). The van der Waals surface area contributed by atoms with Crippen molar-refractivity contribution in [2.45, 2.75) is 62.6 Å². The molecule has 2 unspecified atom stereocenters. The van der Waals surface area contributed by atoms with E-state index in [2.05, 4.69) is 41.3 Å². The lowest BCUT2D eigenvalue weighted by Crippen LogP contribution is -2.15. The van der Waals surface area contributed by atoms with Gasteiger partial charge in [-0.05, 0) is 51.5 Å². The monoisotopic (exact) mass is 421 g/mol. The van der Waals surface area contributed by atoms with Gasteiger partial charge >= 0.3 is 0 Å². The molecular formula is C18H23N5OS3. The van der Waals surface area contributed by atoms with Crippen LogP contribution in [0.25, 0.3) is 10.2 Å². The second kappa shape index (κ2) is 7.52. The van der Waals surface area contributed by atoms with Crippen molar-refractivity contribution >= 4 is 49.8 Å². The van der Waals surface area contributed by atoms with Crippen molar-refractivity contribution in [2.75, 3.05) is 5.32 Å². The fourth-order valence-corrected chi connectivity index (χ4v) is 6.82. The third-order valence-electron chi connectivity index (χ3n) is 4.67. The highest BCUT2D eigenvalue weighted by molar-refractivity contribution is 8.01. The van der Waals surface area contributed by atoms with Crippen LogP contribution < -0.4 is 10.9 Å². The topological polar surface area (TPSA) is 83.6 Å². The summed E-state index contributed by atoms with van der Waals surface area (Å²) in [4.78, 5) is 22.8. The summed E-state index contributed by atoms with van der Waals surface area (Å²) in [5.41, 5.74) is 1.22. The molecule has 1 aliphatic carbocycles. The van der Waals surface area contributed by atoms with Crippen LogP contribution in [-0.2, 0) is 12.8 Å². The number of nitrogens with zero attached hydrogens (tertiary/aromatic N) is 3. The lowest BCUT2D eigenvalue weighted by Gasteiger charge is -2.17. The fraction of sp³-hybridized carbons (Fsp3) is 0.556. The van der Waals surface area contributed by atoms with E-state index in [1.165, 1.54) is 21.8 Å². The standard InChI is InChI=1S/C18H23N5OS3/c1-8(2)19-17-22-23-18(27-17)25-10(4)14-20-15(24)13-11-6-5-9(3)7-12(11)26-16(13)21-14/h8-10H,5-7H2,1-4H3,(H,19,22)(H,20,21,24). The Morgan fingerprint density at radius 3 is 2.85 bits per heavy atom. The van der Waals surface area contributed by atoms with Gasteiger partial charge in [-0.3, -0.25) is 4.79 Å². The Morgan fingerprint density at radius 1 is 1.26 bits per heavy atom. The zero-order chi connectivity index (χ0) is 19.1. The van der Waals surface area contributed by atoms with Gasteiger partial charge in [0.05, 0.1) is 10.6 Å². The number of hydrogen-bond acceptors (Lipinski definition) is 8. The van der Waals surface area contributed by atoms with Gasteiger partial charge in [0.2, 0.25) is 5.13 Å². The predicted octanol–water partition coefficient (Wildman–Crippen LogP) is 4.63. The Hall–Kier alpha value is -1.45. The zero-order valence-corrected chi connectivity index (χ0v) is 18.3. The van der Waals surface area contributed by atoms with Crippen molar-refractivity contribution in [3.63, 3.8) is 0 Å². The molecule has 9 heteroatoms. The van der Waals surface area contributed by atoms with E-state index in [1.807, 2.05) is 6.92 Å². The van der Waals surface area contributed by atoms with Gasteiger partial charge in [-0.2, -0.15) is 0 Å². The molecule has 3 aromatic heterocycles. The van der Waals surface area contributed by atoms with Crippen molar-refractivity contribution < 1.29 is 0 Å². The Bertz CT molecular complexity index is 1020. The second-order valence-corrected chi connectivity index (χ2v) is 11.1. The quantitative estimate of drug-likeness (QED) is 0.584. The van der Waals surface area contributed by atoms with Gasteiger partial charge in [-0.1, -0.05) is 30.0 Å². The minimum atomic E-state index is -0.00562. The molecule has 0 fully saturated rings. The smallest absolute Gasteiger partial charge is 0.259 e. The number of H-pyrrole nitrogens is 1. The van der Waals surface area contributed by atoms with E-state index in [-0.39, 0.29) is 10.8 Å². The first-order valence-electron chi connectivity index (χ1n) is 9.22. The lowest BCUT2D eigenvalue weighted by atomic mass is 9.89. The first kappa shape index (κ1) is 18.9. The third-order valence-corrected chi connectivity index (χ3v) is 7.86. The summed E-state index contributed by atoms with van der Waals surface area (Å²) < 4.78 is 0.868. The molecule has 0 saturated carbocycles. The Balaban J connectivity index is 1.60. The minimum Gasteiger partial charge on any atom is -0.358 e. The molecule has 0 spiro atoms. The Labute approximate surface area is 170 Å². The van der Waals surface area contributed by atoms with Crippen molar-refractivity contribution in [1.82, 2.24) is 20.2 Å². The first-order valence-corrected chi connectivity index (χ1v) is 11.7. The van der Waals surface area contributed by atoms with Crippen LogP contribution in [0, 0.1) is 5.92 Å². The molecule has 2 N–H and O–H groups in total. The molecule has 0 amide bonds. The Morgan fingerprint density at radius 2 is 2.07 bits per heavy atom. The van der Waals surface area contributed by atoms with Crippen LogP contribution in [0.3, 0.4) is 0 Å². The number of thioether (sulfide) groups is 1. The largest absolute Gasteiger partial charge is 0.358 e. The number of fused-ring (bicyclic) bond motifs is 3. The van der Waals surface area contributed by atoms with Crippen molar-refractivity contribution in [1.29, 1.82) is 0 Å². The maximum Gasteiger partial charge on any atom is 0.259 e. The van der Waals surface area contributed by atoms with Crippen molar-refractivity contribution in [3.05, 3.63) is 26.6 Å². The molecule has 3 aromatic rings. The average Bonchev–Trinajstić information content (AvgIpc) is 3.17. The highest BCUT2D eigenvalue weighted by Crippen LogP contribution is 2.39. The molecule has 1 aliphatic rings. The van der Waals surface area contributed by atoms with E-state index in [9.17, 15) is 4.79 Å². The van der Waals surface area contributed by atoms with E-state index in [4.69, 9.17) is 4.98 Å². The van der Waals surface area contributed by atoms with E-state index in [1.54, 1.807) is 23.1 Å².